The molecule has 5 nitrogen and oxygen atoms in total. The van der Waals surface area contributed by atoms with E-state index >= 15 is 0 Å². The molecule has 1 aromatic carbocycles. The summed E-state index contributed by atoms with van der Waals surface area (Å²) in [4.78, 5) is 2.36. The molecule has 1 aromatic heterocycles. The Labute approximate surface area is 129 Å². The van der Waals surface area contributed by atoms with Crippen molar-refractivity contribution in [3.63, 3.8) is 0 Å². The topological polar surface area (TPSA) is 54.2 Å². The summed E-state index contributed by atoms with van der Waals surface area (Å²) in [5.74, 6) is 2.17. The van der Waals surface area contributed by atoms with Gasteiger partial charge >= 0.3 is 0 Å². The van der Waals surface area contributed by atoms with Gasteiger partial charge in [-0.1, -0.05) is 18.2 Å². The highest BCUT2D eigenvalue weighted by Gasteiger charge is 2.36. The molecule has 0 saturated carbocycles. The number of aromatic nitrogens is 3. The van der Waals surface area contributed by atoms with Crippen LogP contribution < -0.4 is 0 Å². The molecule has 2 atom stereocenters. The highest BCUT2D eigenvalue weighted by Crippen LogP contribution is 2.37. The van der Waals surface area contributed by atoms with Crippen LogP contribution >= 0.6 is 0 Å². The van der Waals surface area contributed by atoms with Crippen LogP contribution in [0.2, 0.25) is 0 Å². The van der Waals surface area contributed by atoms with Crippen LogP contribution in [0, 0.1) is 6.92 Å². The lowest BCUT2D eigenvalue weighted by Gasteiger charge is -2.32. The zero-order chi connectivity index (χ0) is 15.3. The van der Waals surface area contributed by atoms with E-state index in [1.165, 1.54) is 5.70 Å². The van der Waals surface area contributed by atoms with Gasteiger partial charge in [-0.05, 0) is 43.7 Å². The van der Waals surface area contributed by atoms with Crippen molar-refractivity contribution >= 4 is 6.08 Å². The molecule has 0 bridgehead atoms. The number of fused-ring (bicyclic) bond motifs is 3. The van der Waals surface area contributed by atoms with Gasteiger partial charge in [-0.25, -0.2) is 0 Å². The summed E-state index contributed by atoms with van der Waals surface area (Å²) < 4.78 is 2.19. The van der Waals surface area contributed by atoms with Gasteiger partial charge in [0.25, 0.3) is 0 Å². The van der Waals surface area contributed by atoms with Gasteiger partial charge in [0.05, 0.1) is 12.1 Å². The van der Waals surface area contributed by atoms with Crippen LogP contribution in [0.4, 0.5) is 0 Å². The Morgan fingerprint density at radius 3 is 2.86 bits per heavy atom. The number of hydrogen-bond donors (Lipinski definition) is 1. The Morgan fingerprint density at radius 1 is 1.18 bits per heavy atom. The number of hydrogen-bond acceptors (Lipinski definition) is 4. The van der Waals surface area contributed by atoms with E-state index in [9.17, 15) is 5.11 Å². The van der Waals surface area contributed by atoms with Crippen molar-refractivity contribution < 1.29 is 5.11 Å². The predicted molar refractivity (Wildman–Crippen MR) is 84.0 cm³/mol. The standard InChI is InChI=1S/C17H18N4O/c1-11-8-16-15(6-7-17-19-18-12(2)21(16)17)20(11)10-13-4-3-5-14(22)9-13/h3-9,15-16,22H,10H2,1-2H3. The summed E-state index contributed by atoms with van der Waals surface area (Å²) in [6.45, 7) is 4.90. The molecule has 0 amide bonds. The highest BCUT2D eigenvalue weighted by molar-refractivity contribution is 5.48. The number of aromatic hydroxyl groups is 1. The van der Waals surface area contributed by atoms with E-state index in [2.05, 4.69) is 38.7 Å². The second-order valence-electron chi connectivity index (χ2n) is 5.92. The number of rotatable bonds is 2. The lowest BCUT2D eigenvalue weighted by molar-refractivity contribution is 0.269. The maximum Gasteiger partial charge on any atom is 0.157 e. The van der Waals surface area contributed by atoms with E-state index in [0.29, 0.717) is 5.75 Å². The molecular formula is C17H18N4O. The molecule has 4 rings (SSSR count). The van der Waals surface area contributed by atoms with Crippen LogP contribution in [-0.2, 0) is 6.54 Å². The van der Waals surface area contributed by atoms with E-state index in [1.54, 1.807) is 6.07 Å². The SMILES string of the molecule is CC1=CC2C(C=Cc3nnc(C)n32)N1Cc1cccc(O)c1. The summed E-state index contributed by atoms with van der Waals surface area (Å²) in [5, 5.41) is 18.0. The van der Waals surface area contributed by atoms with E-state index in [1.807, 2.05) is 31.2 Å². The van der Waals surface area contributed by atoms with Gasteiger partial charge in [-0.2, -0.15) is 0 Å². The molecule has 22 heavy (non-hydrogen) atoms. The van der Waals surface area contributed by atoms with Gasteiger partial charge in [-0.3, -0.25) is 0 Å². The number of aryl methyl sites for hydroxylation is 1. The second kappa shape index (κ2) is 4.73. The van der Waals surface area contributed by atoms with Crippen LogP contribution in [0.5, 0.6) is 5.75 Å². The first kappa shape index (κ1) is 13.1. The second-order valence-corrected chi connectivity index (χ2v) is 5.92. The zero-order valence-corrected chi connectivity index (χ0v) is 12.6. The van der Waals surface area contributed by atoms with Crippen LogP contribution in [0.3, 0.4) is 0 Å². The summed E-state index contributed by atoms with van der Waals surface area (Å²) in [6, 6.07) is 7.96. The molecule has 0 aliphatic carbocycles. The number of phenols is 1. The predicted octanol–water partition coefficient (Wildman–Crippen LogP) is 2.65. The van der Waals surface area contributed by atoms with E-state index in [4.69, 9.17) is 0 Å². The minimum Gasteiger partial charge on any atom is -0.508 e. The fraction of sp³-hybridized carbons (Fsp3) is 0.294. The van der Waals surface area contributed by atoms with Crippen LogP contribution in [0.15, 0.2) is 42.1 Å². The first-order valence-corrected chi connectivity index (χ1v) is 7.46. The molecular weight excluding hydrogens is 276 g/mol. The Balaban J connectivity index is 1.67. The summed E-state index contributed by atoms with van der Waals surface area (Å²) in [6.07, 6.45) is 6.52. The Hall–Kier alpha value is -2.56. The van der Waals surface area contributed by atoms with Gasteiger partial charge in [-0.15, -0.1) is 10.2 Å². The van der Waals surface area contributed by atoms with Crippen LogP contribution in [0.25, 0.3) is 6.08 Å². The number of benzene rings is 1. The van der Waals surface area contributed by atoms with E-state index < -0.39 is 0 Å². The summed E-state index contributed by atoms with van der Waals surface area (Å²) in [5.41, 5.74) is 2.34. The van der Waals surface area contributed by atoms with Crippen molar-refractivity contribution in [1.82, 2.24) is 19.7 Å². The van der Waals surface area contributed by atoms with Crippen LogP contribution in [-0.4, -0.2) is 30.8 Å². The molecule has 2 unspecified atom stereocenters. The average Bonchev–Trinajstić information content (AvgIpc) is 3.01. The third kappa shape index (κ3) is 1.93. The minimum atomic E-state index is 0.243. The van der Waals surface area contributed by atoms with Crippen molar-refractivity contribution in [3.8, 4) is 5.75 Å². The maximum atomic E-state index is 9.66. The van der Waals surface area contributed by atoms with Crippen molar-refractivity contribution in [3.05, 3.63) is 59.3 Å². The molecule has 0 fully saturated rings. The van der Waals surface area contributed by atoms with Gasteiger partial charge in [0.15, 0.2) is 5.82 Å². The summed E-state index contributed by atoms with van der Waals surface area (Å²) >= 11 is 0. The zero-order valence-electron chi connectivity index (χ0n) is 12.6. The first-order chi connectivity index (χ1) is 10.6. The van der Waals surface area contributed by atoms with Crippen molar-refractivity contribution in [1.29, 1.82) is 0 Å². The van der Waals surface area contributed by atoms with Gasteiger partial charge < -0.3 is 14.6 Å². The van der Waals surface area contributed by atoms with Gasteiger partial charge in [0.1, 0.15) is 11.6 Å². The molecule has 112 valence electrons. The largest absolute Gasteiger partial charge is 0.508 e. The monoisotopic (exact) mass is 294 g/mol. The van der Waals surface area contributed by atoms with Gasteiger partial charge in [0.2, 0.25) is 0 Å². The molecule has 0 spiro atoms. The number of nitrogens with zero attached hydrogens (tertiary/aromatic N) is 4. The fourth-order valence-corrected chi connectivity index (χ4v) is 3.44. The molecule has 1 N–H and O–H groups in total. The van der Waals surface area contributed by atoms with E-state index in [0.717, 1.165) is 23.8 Å². The molecule has 2 aliphatic heterocycles. The minimum absolute atomic E-state index is 0.243. The lowest BCUT2D eigenvalue weighted by atomic mass is 10.1. The number of phenolic OH excluding ortho intramolecular Hbond substituents is 1. The molecule has 0 saturated heterocycles. The third-order valence-corrected chi connectivity index (χ3v) is 4.47. The van der Waals surface area contributed by atoms with Crippen molar-refractivity contribution in [2.45, 2.75) is 32.5 Å². The Morgan fingerprint density at radius 2 is 2.05 bits per heavy atom. The maximum absolute atomic E-state index is 9.66. The molecule has 3 heterocycles. The van der Waals surface area contributed by atoms with Crippen molar-refractivity contribution in [2.75, 3.05) is 0 Å². The average molecular weight is 294 g/mol. The van der Waals surface area contributed by atoms with Crippen molar-refractivity contribution in [2.24, 2.45) is 0 Å². The Kier molecular flexibility index (Phi) is 2.82. The number of allylic oxidation sites excluding steroid dienone is 1. The first-order valence-electron chi connectivity index (χ1n) is 7.46. The van der Waals surface area contributed by atoms with Gasteiger partial charge in [0, 0.05) is 12.2 Å². The normalized spacial score (nSPS) is 22.5. The lowest BCUT2D eigenvalue weighted by Crippen LogP contribution is -2.35. The molecule has 0 radical (unpaired) electrons. The molecule has 2 aromatic rings. The fourth-order valence-electron chi connectivity index (χ4n) is 3.44. The Bertz CT molecular complexity index is 790. The summed E-state index contributed by atoms with van der Waals surface area (Å²) in [7, 11) is 0. The third-order valence-electron chi connectivity index (χ3n) is 4.47. The molecule has 5 heteroatoms. The highest BCUT2D eigenvalue weighted by atomic mass is 16.3. The van der Waals surface area contributed by atoms with E-state index in [-0.39, 0.29) is 12.1 Å². The smallest absolute Gasteiger partial charge is 0.157 e. The van der Waals surface area contributed by atoms with Crippen LogP contribution in [0.1, 0.15) is 30.2 Å². The molecule has 2 aliphatic rings. The quantitative estimate of drug-likeness (QED) is 0.925.